The van der Waals surface area contributed by atoms with Gasteiger partial charge in [-0.25, -0.2) is 9.97 Å². The van der Waals surface area contributed by atoms with Gasteiger partial charge in [-0.15, -0.1) is 0 Å². The summed E-state index contributed by atoms with van der Waals surface area (Å²) in [7, 11) is 4.04. The van der Waals surface area contributed by atoms with E-state index in [0.29, 0.717) is 5.82 Å². The number of hydrogen-bond acceptors (Lipinski definition) is 4. The monoisotopic (exact) mass is 231 g/mol. The molecule has 2 heterocycles. The number of rotatable bonds is 4. The molecular formula is C12H17N5. The predicted octanol–water partition coefficient (Wildman–Crippen LogP) is 1.03. The van der Waals surface area contributed by atoms with Crippen molar-refractivity contribution in [2.75, 3.05) is 12.8 Å². The molecular weight excluding hydrogens is 214 g/mol. The Morgan fingerprint density at radius 3 is 2.76 bits per heavy atom. The van der Waals surface area contributed by atoms with Crippen LogP contribution in [0, 0.1) is 0 Å². The first-order valence-electron chi connectivity index (χ1n) is 5.51. The fourth-order valence-electron chi connectivity index (χ4n) is 1.72. The van der Waals surface area contributed by atoms with Crippen LogP contribution in [0.4, 0.5) is 5.82 Å². The van der Waals surface area contributed by atoms with Gasteiger partial charge in [0.1, 0.15) is 11.6 Å². The molecule has 0 radical (unpaired) electrons. The number of imidazole rings is 1. The average Bonchev–Trinajstić information content (AvgIpc) is 2.68. The summed E-state index contributed by atoms with van der Waals surface area (Å²) in [6.45, 7) is 1.56. The predicted molar refractivity (Wildman–Crippen MR) is 67.0 cm³/mol. The summed E-state index contributed by atoms with van der Waals surface area (Å²) in [5, 5.41) is 0. The molecule has 5 heteroatoms. The molecule has 2 aromatic rings. The van der Waals surface area contributed by atoms with E-state index in [1.165, 1.54) is 0 Å². The van der Waals surface area contributed by atoms with Crippen LogP contribution in [0.25, 0.3) is 0 Å². The summed E-state index contributed by atoms with van der Waals surface area (Å²) in [6.07, 6.45) is 5.46. The van der Waals surface area contributed by atoms with E-state index in [1.54, 1.807) is 6.20 Å². The first-order valence-corrected chi connectivity index (χ1v) is 5.51. The van der Waals surface area contributed by atoms with Crippen LogP contribution in [0.1, 0.15) is 11.4 Å². The number of aromatic nitrogens is 3. The first-order chi connectivity index (χ1) is 8.16. The Bertz CT molecular complexity index is 491. The molecule has 5 nitrogen and oxygen atoms in total. The molecule has 2 N–H and O–H groups in total. The van der Waals surface area contributed by atoms with E-state index in [0.717, 1.165) is 24.5 Å². The Labute approximate surface area is 101 Å². The summed E-state index contributed by atoms with van der Waals surface area (Å²) in [5.41, 5.74) is 6.86. The molecule has 0 atom stereocenters. The van der Waals surface area contributed by atoms with Crippen molar-refractivity contribution in [1.29, 1.82) is 0 Å². The van der Waals surface area contributed by atoms with E-state index >= 15 is 0 Å². The number of aryl methyl sites for hydroxylation is 1. The second-order valence-corrected chi connectivity index (χ2v) is 4.17. The third-order valence-corrected chi connectivity index (χ3v) is 2.70. The highest BCUT2D eigenvalue weighted by molar-refractivity contribution is 5.38. The minimum Gasteiger partial charge on any atom is -0.383 e. The van der Waals surface area contributed by atoms with Gasteiger partial charge < -0.3 is 10.3 Å². The van der Waals surface area contributed by atoms with Crippen molar-refractivity contribution in [2.45, 2.75) is 13.1 Å². The van der Waals surface area contributed by atoms with Crippen LogP contribution < -0.4 is 5.73 Å². The molecule has 2 rings (SSSR count). The zero-order valence-corrected chi connectivity index (χ0v) is 10.2. The fraction of sp³-hybridized carbons (Fsp3) is 0.333. The van der Waals surface area contributed by atoms with Crippen LogP contribution in [0.2, 0.25) is 0 Å². The minimum absolute atomic E-state index is 0.596. The zero-order valence-electron chi connectivity index (χ0n) is 10.2. The van der Waals surface area contributed by atoms with E-state index < -0.39 is 0 Å². The largest absolute Gasteiger partial charge is 0.383 e. The van der Waals surface area contributed by atoms with Crippen LogP contribution in [-0.4, -0.2) is 26.5 Å². The maximum Gasteiger partial charge on any atom is 0.127 e. The Balaban J connectivity index is 2.01. The van der Waals surface area contributed by atoms with Crippen LogP contribution in [0.5, 0.6) is 0 Å². The molecule has 0 aromatic carbocycles. The smallest absolute Gasteiger partial charge is 0.127 e. The van der Waals surface area contributed by atoms with Gasteiger partial charge in [-0.3, -0.25) is 4.90 Å². The van der Waals surface area contributed by atoms with Crippen LogP contribution in [0.3, 0.4) is 0 Å². The van der Waals surface area contributed by atoms with Crippen molar-refractivity contribution in [3.63, 3.8) is 0 Å². The molecule has 0 aliphatic heterocycles. The van der Waals surface area contributed by atoms with Crippen LogP contribution in [0.15, 0.2) is 30.7 Å². The van der Waals surface area contributed by atoms with Gasteiger partial charge in [-0.1, -0.05) is 6.07 Å². The molecule has 0 saturated carbocycles. The lowest BCUT2D eigenvalue weighted by atomic mass is 10.2. The van der Waals surface area contributed by atoms with Crippen molar-refractivity contribution < 1.29 is 0 Å². The van der Waals surface area contributed by atoms with E-state index in [-0.39, 0.29) is 0 Å². The fourth-order valence-corrected chi connectivity index (χ4v) is 1.72. The molecule has 0 saturated heterocycles. The second kappa shape index (κ2) is 4.97. The molecule has 0 amide bonds. The Kier molecular flexibility index (Phi) is 3.39. The van der Waals surface area contributed by atoms with Crippen LogP contribution in [-0.2, 0) is 20.1 Å². The SMILES string of the molecule is CN(Cc1cccnc1N)Cc1nccn1C. The van der Waals surface area contributed by atoms with Crippen LogP contribution >= 0.6 is 0 Å². The number of anilines is 1. The highest BCUT2D eigenvalue weighted by Crippen LogP contribution is 2.11. The number of pyridine rings is 1. The molecule has 0 bridgehead atoms. The normalized spacial score (nSPS) is 11.0. The summed E-state index contributed by atoms with van der Waals surface area (Å²) < 4.78 is 2.02. The lowest BCUT2D eigenvalue weighted by molar-refractivity contribution is 0.307. The lowest BCUT2D eigenvalue weighted by Crippen LogP contribution is -2.20. The maximum absolute atomic E-state index is 5.81. The maximum atomic E-state index is 5.81. The summed E-state index contributed by atoms with van der Waals surface area (Å²) >= 11 is 0. The number of nitrogens with two attached hydrogens (primary N) is 1. The topological polar surface area (TPSA) is 60.0 Å². The van der Waals surface area contributed by atoms with Gasteiger partial charge in [0.15, 0.2) is 0 Å². The zero-order chi connectivity index (χ0) is 12.3. The summed E-state index contributed by atoms with van der Waals surface area (Å²) in [4.78, 5) is 10.5. The average molecular weight is 231 g/mol. The molecule has 2 aromatic heterocycles. The number of nitrogen functional groups attached to an aromatic ring is 1. The Morgan fingerprint density at radius 1 is 1.29 bits per heavy atom. The Hall–Kier alpha value is -1.88. The van der Waals surface area contributed by atoms with Gasteiger partial charge in [0.2, 0.25) is 0 Å². The van der Waals surface area contributed by atoms with Crippen molar-refractivity contribution in [1.82, 2.24) is 19.4 Å². The molecule has 0 unspecified atom stereocenters. The van der Waals surface area contributed by atoms with Crippen molar-refractivity contribution in [2.24, 2.45) is 7.05 Å². The van der Waals surface area contributed by atoms with Gasteiger partial charge in [0.05, 0.1) is 6.54 Å². The van der Waals surface area contributed by atoms with E-state index in [4.69, 9.17) is 5.73 Å². The van der Waals surface area contributed by atoms with Gasteiger partial charge >= 0.3 is 0 Å². The highest BCUT2D eigenvalue weighted by Gasteiger charge is 2.07. The third-order valence-electron chi connectivity index (χ3n) is 2.70. The number of hydrogen-bond donors (Lipinski definition) is 1. The Morgan fingerprint density at radius 2 is 2.12 bits per heavy atom. The summed E-state index contributed by atoms with van der Waals surface area (Å²) in [6, 6.07) is 3.90. The highest BCUT2D eigenvalue weighted by atomic mass is 15.1. The lowest BCUT2D eigenvalue weighted by Gasteiger charge is -2.17. The van der Waals surface area contributed by atoms with Gasteiger partial charge in [-0.05, 0) is 13.1 Å². The third kappa shape index (κ3) is 2.82. The van der Waals surface area contributed by atoms with E-state index in [2.05, 4.69) is 14.9 Å². The second-order valence-electron chi connectivity index (χ2n) is 4.17. The summed E-state index contributed by atoms with van der Waals surface area (Å²) in [5.74, 6) is 1.63. The van der Waals surface area contributed by atoms with Gasteiger partial charge in [0.25, 0.3) is 0 Å². The minimum atomic E-state index is 0.596. The van der Waals surface area contributed by atoms with Crippen molar-refractivity contribution in [3.8, 4) is 0 Å². The quantitative estimate of drug-likeness (QED) is 0.853. The molecule has 90 valence electrons. The van der Waals surface area contributed by atoms with Crippen molar-refractivity contribution in [3.05, 3.63) is 42.1 Å². The standard InChI is InChI=1S/C12H17N5/c1-16(9-11-14-6-7-17(11)2)8-10-4-3-5-15-12(10)13/h3-7H,8-9H2,1-2H3,(H2,13,15). The number of nitrogens with zero attached hydrogens (tertiary/aromatic N) is 4. The first kappa shape index (κ1) is 11.6. The van der Waals surface area contributed by atoms with Gasteiger partial charge in [-0.2, -0.15) is 0 Å². The van der Waals surface area contributed by atoms with Gasteiger partial charge in [0, 0.05) is 37.7 Å². The molecule has 0 aliphatic carbocycles. The van der Waals surface area contributed by atoms with E-state index in [9.17, 15) is 0 Å². The van der Waals surface area contributed by atoms with Crippen molar-refractivity contribution >= 4 is 5.82 Å². The molecule has 17 heavy (non-hydrogen) atoms. The molecule has 0 spiro atoms. The molecule has 0 fully saturated rings. The molecule has 0 aliphatic rings. The van der Waals surface area contributed by atoms with E-state index in [1.807, 2.05) is 43.2 Å².